The minimum absolute atomic E-state index is 0.195. The number of carbonyl (C=O) groups excluding carboxylic acids is 2. The Bertz CT molecular complexity index is 998. The fourth-order valence-electron chi connectivity index (χ4n) is 3.33. The maximum atomic E-state index is 15.1. The van der Waals surface area contributed by atoms with Crippen LogP contribution >= 0.6 is 0 Å². The van der Waals surface area contributed by atoms with Crippen molar-refractivity contribution in [3.8, 4) is 0 Å². The summed E-state index contributed by atoms with van der Waals surface area (Å²) in [6.45, 7) is 1.78. The molecule has 2 amide bonds. The fraction of sp³-hybridized carbons (Fsp3) is 0.263. The number of carbonyl (C=O) groups is 2. The van der Waals surface area contributed by atoms with Crippen LogP contribution in [0.2, 0.25) is 0 Å². The Morgan fingerprint density at radius 1 is 1.34 bits per heavy atom. The van der Waals surface area contributed by atoms with Crippen molar-refractivity contribution in [1.29, 1.82) is 0 Å². The van der Waals surface area contributed by atoms with Crippen LogP contribution in [0.15, 0.2) is 58.2 Å². The normalized spacial score (nSPS) is 22.8. The quantitative estimate of drug-likeness (QED) is 0.837. The highest BCUT2D eigenvalue weighted by Gasteiger charge is 2.39. The zero-order valence-corrected chi connectivity index (χ0v) is 15.4. The van der Waals surface area contributed by atoms with E-state index >= 15 is 4.39 Å². The highest BCUT2D eigenvalue weighted by Crippen LogP contribution is 2.38. The van der Waals surface area contributed by atoms with Gasteiger partial charge in [-0.3, -0.25) is 14.7 Å². The number of pyridine rings is 1. The summed E-state index contributed by atoms with van der Waals surface area (Å²) >= 11 is 0. The van der Waals surface area contributed by atoms with Crippen molar-refractivity contribution in [2.24, 2.45) is 15.4 Å². The Labute approximate surface area is 165 Å². The van der Waals surface area contributed by atoms with E-state index < -0.39 is 23.6 Å². The van der Waals surface area contributed by atoms with E-state index in [1.807, 2.05) is 0 Å². The first-order chi connectivity index (χ1) is 14.0. The smallest absolute Gasteiger partial charge is 0.414 e. The molecule has 3 heterocycles. The van der Waals surface area contributed by atoms with Crippen molar-refractivity contribution in [1.82, 2.24) is 10.3 Å². The summed E-state index contributed by atoms with van der Waals surface area (Å²) in [6, 6.07) is 7.85. The highest BCUT2D eigenvalue weighted by atomic mass is 19.1. The molecule has 1 fully saturated rings. The largest absolute Gasteiger partial charge is 0.442 e. The van der Waals surface area contributed by atoms with Crippen molar-refractivity contribution in [3.05, 3.63) is 59.7 Å². The summed E-state index contributed by atoms with van der Waals surface area (Å²) < 4.78 is 20.4. The lowest BCUT2D eigenvalue weighted by Crippen LogP contribution is -2.33. The number of amides is 2. The van der Waals surface area contributed by atoms with E-state index in [1.165, 1.54) is 24.1 Å². The van der Waals surface area contributed by atoms with Crippen LogP contribution in [-0.2, 0) is 15.1 Å². The number of nitrogens with one attached hydrogen (secondary N) is 1. The van der Waals surface area contributed by atoms with E-state index in [4.69, 9.17) is 4.74 Å². The second kappa shape index (κ2) is 7.38. The zero-order chi connectivity index (χ0) is 20.4. The molecule has 2 aromatic rings. The van der Waals surface area contributed by atoms with E-state index in [0.29, 0.717) is 11.3 Å². The first kappa shape index (κ1) is 18.7. The number of aromatic nitrogens is 1. The van der Waals surface area contributed by atoms with E-state index in [0.717, 1.165) is 0 Å². The second-order valence-electron chi connectivity index (χ2n) is 6.65. The SMILES string of the molecule is CC(=O)NCC1CN(c2ccc(C3(c4ccncc4)C=NN=N3)c(F)c2)C(=O)O1. The molecule has 0 aliphatic carbocycles. The molecule has 10 heteroatoms. The molecule has 1 aromatic heterocycles. The fourth-order valence-corrected chi connectivity index (χ4v) is 3.33. The van der Waals surface area contributed by atoms with Crippen LogP contribution < -0.4 is 10.2 Å². The molecular weight excluding hydrogens is 379 g/mol. The molecule has 0 radical (unpaired) electrons. The van der Waals surface area contributed by atoms with Crippen molar-refractivity contribution in [2.45, 2.75) is 18.6 Å². The third kappa shape index (κ3) is 3.44. The van der Waals surface area contributed by atoms with Gasteiger partial charge in [0.05, 0.1) is 25.0 Å². The maximum Gasteiger partial charge on any atom is 0.414 e. The predicted molar refractivity (Wildman–Crippen MR) is 101 cm³/mol. The molecule has 1 aromatic carbocycles. The molecule has 1 N–H and O–H groups in total. The minimum Gasteiger partial charge on any atom is -0.442 e. The van der Waals surface area contributed by atoms with Gasteiger partial charge in [0.25, 0.3) is 0 Å². The Hall–Kier alpha value is -3.69. The molecule has 2 unspecified atom stereocenters. The molecule has 1 saturated heterocycles. The number of anilines is 1. The van der Waals surface area contributed by atoms with Gasteiger partial charge in [-0.15, -0.1) is 10.2 Å². The molecule has 2 aliphatic rings. The van der Waals surface area contributed by atoms with Crippen LogP contribution in [0.4, 0.5) is 14.9 Å². The average molecular weight is 396 g/mol. The number of hydrogen-bond donors (Lipinski definition) is 1. The minimum atomic E-state index is -1.19. The summed E-state index contributed by atoms with van der Waals surface area (Å²) in [6.07, 6.45) is 3.53. The summed E-state index contributed by atoms with van der Waals surface area (Å²) in [7, 11) is 0. The summed E-state index contributed by atoms with van der Waals surface area (Å²) in [4.78, 5) is 28.5. The first-order valence-corrected chi connectivity index (χ1v) is 8.89. The van der Waals surface area contributed by atoms with Crippen molar-refractivity contribution in [2.75, 3.05) is 18.0 Å². The molecule has 0 bridgehead atoms. The maximum absolute atomic E-state index is 15.1. The van der Waals surface area contributed by atoms with Crippen molar-refractivity contribution < 1.29 is 18.7 Å². The zero-order valence-electron chi connectivity index (χ0n) is 15.4. The van der Waals surface area contributed by atoms with Crippen LogP contribution in [0.1, 0.15) is 18.1 Å². The van der Waals surface area contributed by atoms with Gasteiger partial charge in [-0.25, -0.2) is 9.18 Å². The van der Waals surface area contributed by atoms with Crippen LogP contribution in [0.3, 0.4) is 0 Å². The van der Waals surface area contributed by atoms with E-state index in [-0.39, 0.29) is 24.6 Å². The molecule has 29 heavy (non-hydrogen) atoms. The number of halogens is 1. The number of hydrogen-bond acceptors (Lipinski definition) is 7. The van der Waals surface area contributed by atoms with Crippen LogP contribution in [-0.4, -0.2) is 42.4 Å². The standard InChI is InChI=1S/C19H17FN6O3/c1-12(27)22-9-15-10-26(18(28)29-15)14-2-3-16(17(20)8-14)19(11-23-25-24-19)13-4-6-21-7-5-13/h2-8,11,15H,9-10H2,1H3,(H,22,27). The lowest BCUT2D eigenvalue weighted by atomic mass is 9.85. The number of benzene rings is 1. The van der Waals surface area contributed by atoms with Crippen molar-refractivity contribution in [3.63, 3.8) is 0 Å². The third-order valence-electron chi connectivity index (χ3n) is 4.75. The molecule has 4 rings (SSSR count). The summed E-state index contributed by atoms with van der Waals surface area (Å²) in [5.41, 5.74) is 0.0728. The lowest BCUT2D eigenvalue weighted by Gasteiger charge is -2.23. The topological polar surface area (TPSA) is 109 Å². The van der Waals surface area contributed by atoms with E-state index in [2.05, 4.69) is 25.7 Å². The Morgan fingerprint density at radius 2 is 2.14 bits per heavy atom. The molecule has 2 aliphatic heterocycles. The van der Waals surface area contributed by atoms with Gasteiger partial charge in [0.2, 0.25) is 5.91 Å². The Balaban J connectivity index is 1.62. The number of cyclic esters (lactones) is 1. The van der Waals surface area contributed by atoms with Gasteiger partial charge in [0.15, 0.2) is 5.54 Å². The van der Waals surface area contributed by atoms with Gasteiger partial charge in [-0.2, -0.15) is 0 Å². The Kier molecular flexibility index (Phi) is 4.75. The first-order valence-electron chi connectivity index (χ1n) is 8.89. The molecule has 9 nitrogen and oxygen atoms in total. The monoisotopic (exact) mass is 396 g/mol. The molecule has 148 valence electrons. The van der Waals surface area contributed by atoms with Gasteiger partial charge in [-0.05, 0) is 35.1 Å². The average Bonchev–Trinajstić information content (AvgIpc) is 3.34. The second-order valence-corrected chi connectivity index (χ2v) is 6.65. The molecule has 0 saturated carbocycles. The van der Waals surface area contributed by atoms with Gasteiger partial charge in [-0.1, -0.05) is 6.07 Å². The number of nitrogens with zero attached hydrogens (tertiary/aromatic N) is 5. The Morgan fingerprint density at radius 3 is 2.79 bits per heavy atom. The van der Waals surface area contributed by atoms with E-state index in [1.54, 1.807) is 36.7 Å². The van der Waals surface area contributed by atoms with Gasteiger partial charge >= 0.3 is 6.09 Å². The third-order valence-corrected chi connectivity index (χ3v) is 4.75. The number of ether oxygens (including phenoxy) is 1. The number of rotatable bonds is 5. The van der Waals surface area contributed by atoms with Gasteiger partial charge < -0.3 is 10.1 Å². The predicted octanol–water partition coefficient (Wildman–Crippen LogP) is 2.38. The van der Waals surface area contributed by atoms with Crippen LogP contribution in [0.5, 0.6) is 0 Å². The van der Waals surface area contributed by atoms with Crippen LogP contribution in [0, 0.1) is 5.82 Å². The highest BCUT2D eigenvalue weighted by molar-refractivity contribution is 5.90. The lowest BCUT2D eigenvalue weighted by molar-refractivity contribution is -0.119. The molecule has 0 spiro atoms. The van der Waals surface area contributed by atoms with Crippen molar-refractivity contribution >= 4 is 23.9 Å². The van der Waals surface area contributed by atoms with Gasteiger partial charge in [0, 0.05) is 24.9 Å². The molecule has 2 atom stereocenters. The van der Waals surface area contributed by atoms with E-state index in [9.17, 15) is 9.59 Å². The van der Waals surface area contributed by atoms with Gasteiger partial charge in [0.1, 0.15) is 11.9 Å². The van der Waals surface area contributed by atoms with Crippen LogP contribution in [0.25, 0.3) is 0 Å². The summed E-state index contributed by atoms with van der Waals surface area (Å²) in [5, 5.41) is 14.2. The summed E-state index contributed by atoms with van der Waals surface area (Å²) in [5.74, 6) is -0.784. The molecular formula is C19H17FN6O3.